The summed E-state index contributed by atoms with van der Waals surface area (Å²) in [6.45, 7) is 6.14. The first-order chi connectivity index (χ1) is 15.3. The summed E-state index contributed by atoms with van der Waals surface area (Å²) in [4.78, 5) is 11.9. The zero-order valence-corrected chi connectivity index (χ0v) is 19.4. The molecule has 2 aromatic heterocycles. The van der Waals surface area contributed by atoms with Gasteiger partial charge in [0.2, 0.25) is 0 Å². The fourth-order valence-corrected chi connectivity index (χ4v) is 5.58. The number of nitrogens with two attached hydrogens (primary N) is 1. The minimum absolute atomic E-state index is 0.0315. The van der Waals surface area contributed by atoms with Gasteiger partial charge in [0.25, 0.3) is 0 Å². The van der Waals surface area contributed by atoms with Crippen molar-refractivity contribution < 1.29 is 9.84 Å². The molecule has 3 N–H and O–H groups in total. The third-order valence-electron chi connectivity index (χ3n) is 7.27. The fraction of sp³-hybridized carbons (Fsp3) is 0.522. The first-order valence-electron chi connectivity index (χ1n) is 11.1. The van der Waals surface area contributed by atoms with E-state index in [1.54, 1.807) is 10.9 Å². The molecule has 8 nitrogen and oxygen atoms in total. The Balaban J connectivity index is 1.48. The molecule has 1 aromatic carbocycles. The van der Waals surface area contributed by atoms with Crippen LogP contribution in [0.1, 0.15) is 31.2 Å². The lowest BCUT2D eigenvalue weighted by Crippen LogP contribution is -2.51. The van der Waals surface area contributed by atoms with Gasteiger partial charge in [-0.15, -0.1) is 0 Å². The molecule has 5 rings (SSSR count). The average molecular weight is 457 g/mol. The first kappa shape index (κ1) is 21.6. The maximum absolute atomic E-state index is 10.1. The molecular formula is C23H29ClN6O2. The summed E-state index contributed by atoms with van der Waals surface area (Å²) < 4.78 is 7.60. The molecule has 0 unspecified atom stereocenters. The Morgan fingerprint density at radius 2 is 2.03 bits per heavy atom. The molecule has 170 valence electrons. The summed E-state index contributed by atoms with van der Waals surface area (Å²) >= 11 is 6.75. The molecule has 1 spiro atoms. The minimum atomic E-state index is -0.192. The zero-order chi connectivity index (χ0) is 22.6. The van der Waals surface area contributed by atoms with Crippen molar-refractivity contribution in [3.8, 4) is 11.3 Å². The van der Waals surface area contributed by atoms with Crippen molar-refractivity contribution in [2.24, 2.45) is 18.2 Å². The Labute approximate surface area is 192 Å². The lowest BCUT2D eigenvalue weighted by Gasteiger charge is -2.42. The summed E-state index contributed by atoms with van der Waals surface area (Å²) in [6, 6.07) is 3.98. The van der Waals surface area contributed by atoms with Crippen LogP contribution in [0.2, 0.25) is 5.02 Å². The number of fused-ring (bicyclic) bond motifs is 1. The Morgan fingerprint density at radius 1 is 1.28 bits per heavy atom. The van der Waals surface area contributed by atoms with Crippen LogP contribution in [0, 0.1) is 12.3 Å². The number of aromatic nitrogens is 4. The molecule has 0 aliphatic carbocycles. The van der Waals surface area contributed by atoms with Crippen molar-refractivity contribution in [2.45, 2.75) is 45.4 Å². The highest BCUT2D eigenvalue weighted by Gasteiger charge is 2.47. The molecule has 0 amide bonds. The summed E-state index contributed by atoms with van der Waals surface area (Å²) in [5, 5.41) is 16.0. The highest BCUT2D eigenvalue weighted by Crippen LogP contribution is 2.42. The molecule has 4 heterocycles. The summed E-state index contributed by atoms with van der Waals surface area (Å²) in [6.07, 6.45) is 3.76. The van der Waals surface area contributed by atoms with E-state index in [1.807, 2.05) is 26.1 Å². The van der Waals surface area contributed by atoms with Crippen molar-refractivity contribution in [1.82, 2.24) is 19.7 Å². The van der Waals surface area contributed by atoms with Crippen LogP contribution in [0.15, 0.2) is 18.3 Å². The van der Waals surface area contributed by atoms with Gasteiger partial charge in [0, 0.05) is 42.5 Å². The number of rotatable bonds is 3. The number of hydrogen-bond acceptors (Lipinski definition) is 7. The predicted octanol–water partition coefficient (Wildman–Crippen LogP) is 2.82. The van der Waals surface area contributed by atoms with E-state index in [1.165, 1.54) is 0 Å². The van der Waals surface area contributed by atoms with E-state index in [9.17, 15) is 5.11 Å². The number of benzene rings is 1. The Kier molecular flexibility index (Phi) is 5.36. The fourth-order valence-electron chi connectivity index (χ4n) is 5.20. The smallest absolute Gasteiger partial charge is 0.153 e. The number of aliphatic hydroxyl groups is 1. The molecule has 2 aliphatic heterocycles. The molecular weight excluding hydrogens is 428 g/mol. The summed E-state index contributed by atoms with van der Waals surface area (Å²) in [5.74, 6) is 0.738. The van der Waals surface area contributed by atoms with Crippen LogP contribution in [0.3, 0.4) is 0 Å². The zero-order valence-electron chi connectivity index (χ0n) is 18.7. The quantitative estimate of drug-likeness (QED) is 0.624. The number of halogens is 1. The lowest BCUT2D eigenvalue weighted by molar-refractivity contribution is 0.0973. The summed E-state index contributed by atoms with van der Waals surface area (Å²) in [7, 11) is 1.87. The van der Waals surface area contributed by atoms with E-state index in [0.29, 0.717) is 23.0 Å². The number of aryl methyl sites for hydroxylation is 2. The molecule has 32 heavy (non-hydrogen) atoms. The van der Waals surface area contributed by atoms with Gasteiger partial charge >= 0.3 is 0 Å². The second kappa shape index (κ2) is 7.95. The van der Waals surface area contributed by atoms with E-state index in [4.69, 9.17) is 32.0 Å². The van der Waals surface area contributed by atoms with Crippen LogP contribution < -0.4 is 10.6 Å². The maximum Gasteiger partial charge on any atom is 0.153 e. The highest BCUT2D eigenvalue weighted by atomic mass is 35.5. The third-order valence-corrected chi connectivity index (χ3v) is 7.65. The molecule has 0 radical (unpaired) electrons. The van der Waals surface area contributed by atoms with Crippen LogP contribution in [0.25, 0.3) is 22.2 Å². The summed E-state index contributed by atoms with van der Waals surface area (Å²) in [5.41, 5.74) is 10.1. The van der Waals surface area contributed by atoms with Crippen LogP contribution >= 0.6 is 11.6 Å². The van der Waals surface area contributed by atoms with Crippen molar-refractivity contribution in [1.29, 1.82) is 0 Å². The van der Waals surface area contributed by atoms with E-state index >= 15 is 0 Å². The van der Waals surface area contributed by atoms with Gasteiger partial charge in [0.05, 0.1) is 47.4 Å². The number of aliphatic hydroxyl groups excluding tert-OH is 1. The van der Waals surface area contributed by atoms with Gasteiger partial charge < -0.3 is 20.5 Å². The normalized spacial score (nSPS) is 22.9. The second-order valence-corrected chi connectivity index (χ2v) is 9.49. The van der Waals surface area contributed by atoms with Gasteiger partial charge in [0.1, 0.15) is 5.69 Å². The Bertz CT molecular complexity index is 1170. The van der Waals surface area contributed by atoms with Gasteiger partial charge in [-0.1, -0.05) is 23.7 Å². The van der Waals surface area contributed by atoms with Crippen LogP contribution in [-0.2, 0) is 18.4 Å². The van der Waals surface area contributed by atoms with Gasteiger partial charge in [-0.2, -0.15) is 5.10 Å². The van der Waals surface area contributed by atoms with E-state index in [-0.39, 0.29) is 24.2 Å². The molecule has 2 fully saturated rings. The van der Waals surface area contributed by atoms with Crippen LogP contribution in [0.5, 0.6) is 0 Å². The number of piperidine rings is 1. The molecule has 2 aliphatic rings. The molecule has 3 aromatic rings. The second-order valence-electron chi connectivity index (χ2n) is 9.11. The highest BCUT2D eigenvalue weighted by molar-refractivity contribution is 6.37. The molecule has 0 bridgehead atoms. The van der Waals surface area contributed by atoms with Crippen molar-refractivity contribution in [3.05, 3.63) is 34.7 Å². The number of anilines is 1. The maximum atomic E-state index is 10.1. The van der Waals surface area contributed by atoms with Crippen molar-refractivity contribution in [3.63, 3.8) is 0 Å². The third kappa shape index (κ3) is 3.28. The van der Waals surface area contributed by atoms with Gasteiger partial charge in [-0.3, -0.25) is 4.68 Å². The van der Waals surface area contributed by atoms with Crippen LogP contribution in [0.4, 0.5) is 5.82 Å². The predicted molar refractivity (Wildman–Crippen MR) is 125 cm³/mol. The van der Waals surface area contributed by atoms with Crippen LogP contribution in [-0.4, -0.2) is 56.7 Å². The number of ether oxygens (including phenoxy) is 1. The number of hydrogen-bond donors (Lipinski definition) is 2. The van der Waals surface area contributed by atoms with Gasteiger partial charge in [-0.05, 0) is 26.7 Å². The lowest BCUT2D eigenvalue weighted by atomic mass is 9.73. The monoisotopic (exact) mass is 456 g/mol. The van der Waals surface area contributed by atoms with E-state index < -0.39 is 0 Å². The first-order valence-corrected chi connectivity index (χ1v) is 11.4. The average Bonchev–Trinajstić information content (AvgIpc) is 3.31. The molecule has 0 saturated carbocycles. The Hall–Kier alpha value is -2.26. The SMILES string of the molecule is Cc1nc(N2CCC3(CC2)CO[C@@H](C)[C@H]3N)c(CO)nc1-c1ccc2cnn(C)c2c1Cl. The largest absolute Gasteiger partial charge is 0.390 e. The standard InChI is InChI=1S/C23H29ClN6O2/c1-13-19(16-5-4-15-10-26-29(3)20(15)18(16)24)28-17(11-31)22(27-13)30-8-6-23(7-9-30)12-32-14(2)21(23)25/h4-5,10,14,21,31H,6-9,11-12,25H2,1-3H3/t14-,21+/m0/s1. The topological polar surface area (TPSA) is 102 Å². The van der Waals surface area contributed by atoms with Gasteiger partial charge in [0.15, 0.2) is 5.82 Å². The number of nitrogens with zero attached hydrogens (tertiary/aromatic N) is 5. The van der Waals surface area contributed by atoms with E-state index in [2.05, 4.69) is 16.9 Å². The Morgan fingerprint density at radius 3 is 2.69 bits per heavy atom. The molecule has 2 saturated heterocycles. The van der Waals surface area contributed by atoms with Crippen molar-refractivity contribution in [2.75, 3.05) is 24.6 Å². The van der Waals surface area contributed by atoms with Gasteiger partial charge in [-0.25, -0.2) is 9.97 Å². The van der Waals surface area contributed by atoms with Crippen molar-refractivity contribution >= 4 is 28.3 Å². The molecule has 9 heteroatoms. The minimum Gasteiger partial charge on any atom is -0.390 e. The molecule has 2 atom stereocenters. The van der Waals surface area contributed by atoms with E-state index in [0.717, 1.165) is 53.9 Å².